The van der Waals surface area contributed by atoms with Crippen molar-refractivity contribution in [3.05, 3.63) is 469 Å². The molecule has 24 rings (SSSR count). The summed E-state index contributed by atoms with van der Waals surface area (Å²) < 4.78 is 4.89. The summed E-state index contributed by atoms with van der Waals surface area (Å²) in [4.78, 5) is 4.95. The van der Waals surface area contributed by atoms with Gasteiger partial charge in [-0.2, -0.15) is 0 Å². The standard InChI is InChI=1S/C110H74N4/c1-4-26-71(27-5-1)75-30-25-35-80(65-75)114-106-49-23-16-42-93(106)96-68-82(58-63-108(96)114)112(78-33-8-3-9-34-78)84-56-60-91-94-66-76(52-61-102(94)110(104(91)70-84)99-45-19-12-38-87(99)88-39-13-20-46-100(88)110)74-29-24-28-73(64-74)72-50-53-79(54-51-72)113-105-48-22-15-41-92(105)95-67-81(57-62-107(95)113)111(77-31-6-2-7-32-77)83-55-59-90-89-40-14-21-47-101(89)109(103(90)69-83)97-43-17-10-36-85(97)86-37-11-18-44-98(86)109/h1-70,85,89,97,101H. The molecule has 2 spiro atoms. The molecule has 0 N–H and O–H groups in total. The predicted molar refractivity (Wildman–Crippen MR) is 473 cm³/mol. The summed E-state index contributed by atoms with van der Waals surface area (Å²) in [5.74, 6) is 1.22. The molecule has 16 aromatic carbocycles. The average Bonchev–Trinajstić information content (AvgIpc) is 1.51. The van der Waals surface area contributed by atoms with E-state index < -0.39 is 5.41 Å². The molecule has 114 heavy (non-hydrogen) atoms. The quantitative estimate of drug-likeness (QED) is 0.128. The molecule has 2 heterocycles. The maximum absolute atomic E-state index is 2.57. The molecule has 4 nitrogen and oxygen atoms in total. The van der Waals surface area contributed by atoms with Crippen molar-refractivity contribution in [2.75, 3.05) is 9.80 Å². The number of hydrogen-bond donors (Lipinski definition) is 0. The summed E-state index contributed by atoms with van der Waals surface area (Å²) in [7, 11) is 0. The van der Waals surface area contributed by atoms with E-state index in [-0.39, 0.29) is 5.41 Å². The molecule has 6 aliphatic carbocycles. The third-order valence-corrected chi connectivity index (χ3v) is 26.2. The molecule has 5 atom stereocenters. The smallest absolute Gasteiger partial charge is 0.0726 e. The van der Waals surface area contributed by atoms with E-state index in [9.17, 15) is 0 Å². The highest BCUT2D eigenvalue weighted by atomic mass is 15.2. The summed E-state index contributed by atoms with van der Waals surface area (Å²) in [5.41, 5.74) is 36.0. The molecule has 0 radical (unpaired) electrons. The van der Waals surface area contributed by atoms with Crippen molar-refractivity contribution in [3.63, 3.8) is 0 Å². The monoisotopic (exact) mass is 1450 g/mol. The van der Waals surface area contributed by atoms with Gasteiger partial charge in [-0.25, -0.2) is 0 Å². The second kappa shape index (κ2) is 25.1. The Balaban J connectivity index is 0.589. The van der Waals surface area contributed by atoms with Crippen molar-refractivity contribution in [2.45, 2.75) is 22.7 Å². The number of para-hydroxylation sites is 4. The highest BCUT2D eigenvalue weighted by Crippen LogP contribution is 2.69. The van der Waals surface area contributed by atoms with Crippen molar-refractivity contribution < 1.29 is 0 Å². The zero-order valence-corrected chi connectivity index (χ0v) is 62.5. The molecule has 534 valence electrons. The van der Waals surface area contributed by atoms with Crippen LogP contribution in [-0.2, 0) is 10.8 Å². The molecule has 18 aromatic rings. The number of aromatic nitrogens is 2. The SMILES string of the molecule is C1=CC2c3ccccc3C3(c4cc(N(c5ccccc5)c5ccc6c(c5)c5ccccc5n6-c5ccc(-c6cccc(-c7ccc8c(c7)-c7ccc(N(c9ccccc9)c9ccc%10c(c9)c9ccccc9n%10-c9cccc(-c%10ccccc%10)c9)cc7C87c8ccccc8-c8ccccc87)c6)cc5)ccc4C4C=CC=CC43)C2C=C1. The Hall–Kier alpha value is -14.3. The Bertz CT molecular complexity index is 7090. The summed E-state index contributed by atoms with van der Waals surface area (Å²) in [6.07, 6.45) is 19.1. The van der Waals surface area contributed by atoms with E-state index in [2.05, 4.69) is 444 Å². The van der Waals surface area contributed by atoms with Crippen LogP contribution in [0.3, 0.4) is 0 Å². The maximum Gasteiger partial charge on any atom is 0.0726 e. The van der Waals surface area contributed by atoms with Gasteiger partial charge in [0.15, 0.2) is 0 Å². The van der Waals surface area contributed by atoms with Crippen LogP contribution < -0.4 is 9.80 Å². The van der Waals surface area contributed by atoms with E-state index in [1.807, 2.05) is 0 Å². The highest BCUT2D eigenvalue weighted by molar-refractivity contribution is 6.12. The second-order valence-electron chi connectivity index (χ2n) is 31.7. The molecule has 2 aromatic heterocycles. The second-order valence-corrected chi connectivity index (χ2v) is 31.7. The van der Waals surface area contributed by atoms with Gasteiger partial charge in [-0.1, -0.05) is 291 Å². The zero-order chi connectivity index (χ0) is 74.7. The number of allylic oxidation sites excluding steroid dienone is 8. The molecule has 0 fully saturated rings. The molecule has 0 bridgehead atoms. The van der Waals surface area contributed by atoms with E-state index in [0.29, 0.717) is 23.7 Å². The third kappa shape index (κ3) is 9.28. The van der Waals surface area contributed by atoms with E-state index in [1.165, 1.54) is 127 Å². The lowest BCUT2D eigenvalue weighted by atomic mass is 9.61. The van der Waals surface area contributed by atoms with Crippen molar-refractivity contribution >= 4 is 77.7 Å². The Labute approximate surface area is 663 Å². The lowest BCUT2D eigenvalue weighted by Gasteiger charge is -2.41. The lowest BCUT2D eigenvalue weighted by Crippen LogP contribution is -2.38. The van der Waals surface area contributed by atoms with Crippen molar-refractivity contribution in [1.29, 1.82) is 0 Å². The summed E-state index contributed by atoms with van der Waals surface area (Å²) in [6, 6.07) is 142. The number of nitrogens with zero attached hydrogens (tertiary/aromatic N) is 4. The zero-order valence-electron chi connectivity index (χ0n) is 62.5. The van der Waals surface area contributed by atoms with Gasteiger partial charge in [0.2, 0.25) is 0 Å². The van der Waals surface area contributed by atoms with Crippen LogP contribution in [0.2, 0.25) is 0 Å². The van der Waals surface area contributed by atoms with E-state index >= 15 is 0 Å². The summed E-state index contributed by atoms with van der Waals surface area (Å²) in [5, 5.41) is 4.84. The fourth-order valence-corrected chi connectivity index (χ4v) is 21.7. The number of anilines is 6. The molecular weight excluding hydrogens is 1380 g/mol. The number of hydrogen-bond acceptors (Lipinski definition) is 2. The fourth-order valence-electron chi connectivity index (χ4n) is 21.7. The summed E-state index contributed by atoms with van der Waals surface area (Å²) in [6.45, 7) is 0. The van der Waals surface area contributed by atoms with Crippen LogP contribution in [-0.4, -0.2) is 9.13 Å². The first-order chi connectivity index (χ1) is 56.5. The van der Waals surface area contributed by atoms with Crippen LogP contribution in [0.5, 0.6) is 0 Å². The summed E-state index contributed by atoms with van der Waals surface area (Å²) >= 11 is 0. The molecule has 5 unspecified atom stereocenters. The lowest BCUT2D eigenvalue weighted by molar-refractivity contribution is 0.312. The van der Waals surface area contributed by atoms with Gasteiger partial charge in [-0.15, -0.1) is 0 Å². The number of benzene rings is 16. The average molecular weight is 1450 g/mol. The molecule has 0 saturated carbocycles. The fraction of sp³-hybridized carbons (Fsp3) is 0.0545. The van der Waals surface area contributed by atoms with Crippen LogP contribution in [0.25, 0.3) is 111 Å². The Morgan fingerprint density at radius 1 is 0.219 bits per heavy atom. The highest BCUT2D eigenvalue weighted by Gasteiger charge is 2.61. The van der Waals surface area contributed by atoms with Gasteiger partial charge in [0.05, 0.1) is 27.5 Å². The Kier molecular flexibility index (Phi) is 14.2. The van der Waals surface area contributed by atoms with Gasteiger partial charge in [0.25, 0.3) is 0 Å². The van der Waals surface area contributed by atoms with Crippen molar-refractivity contribution in [2.24, 2.45) is 11.8 Å². The Morgan fingerprint density at radius 3 is 1.27 bits per heavy atom. The van der Waals surface area contributed by atoms with Crippen molar-refractivity contribution in [3.8, 4) is 67.0 Å². The van der Waals surface area contributed by atoms with E-state index in [0.717, 1.165) is 62.1 Å². The van der Waals surface area contributed by atoms with Crippen LogP contribution in [0.1, 0.15) is 56.3 Å². The van der Waals surface area contributed by atoms with E-state index in [4.69, 9.17) is 0 Å². The van der Waals surface area contributed by atoms with Crippen LogP contribution in [0.4, 0.5) is 34.1 Å². The van der Waals surface area contributed by atoms with Gasteiger partial charge >= 0.3 is 0 Å². The minimum atomic E-state index is -0.577. The van der Waals surface area contributed by atoms with Crippen molar-refractivity contribution in [1.82, 2.24) is 9.13 Å². The van der Waals surface area contributed by atoms with E-state index in [1.54, 1.807) is 0 Å². The molecule has 0 amide bonds. The Morgan fingerprint density at radius 2 is 0.640 bits per heavy atom. The van der Waals surface area contributed by atoms with Crippen LogP contribution in [0, 0.1) is 11.8 Å². The first-order valence-corrected chi connectivity index (χ1v) is 40.1. The minimum Gasteiger partial charge on any atom is -0.310 e. The largest absolute Gasteiger partial charge is 0.310 e. The van der Waals surface area contributed by atoms with Gasteiger partial charge in [-0.05, 0) is 234 Å². The van der Waals surface area contributed by atoms with Gasteiger partial charge in [0.1, 0.15) is 0 Å². The normalized spacial score (nSPS) is 17.8. The van der Waals surface area contributed by atoms with Gasteiger partial charge < -0.3 is 18.9 Å². The molecule has 6 aliphatic rings. The minimum absolute atomic E-state index is 0.222. The molecular formula is C110H74N4. The predicted octanol–water partition coefficient (Wildman–Crippen LogP) is 28.1. The number of rotatable bonds is 11. The third-order valence-electron chi connectivity index (χ3n) is 26.2. The first kappa shape index (κ1) is 64.5. The molecule has 0 saturated heterocycles. The van der Waals surface area contributed by atoms with Gasteiger partial charge in [0, 0.05) is 96.1 Å². The van der Waals surface area contributed by atoms with Gasteiger partial charge in [-0.3, -0.25) is 0 Å². The maximum atomic E-state index is 2.57. The van der Waals surface area contributed by atoms with Crippen LogP contribution >= 0.6 is 0 Å². The number of fused-ring (bicyclic) bond motifs is 26. The van der Waals surface area contributed by atoms with Crippen LogP contribution in [0.15, 0.2) is 425 Å². The topological polar surface area (TPSA) is 16.3 Å². The molecule has 0 aliphatic heterocycles. The first-order valence-electron chi connectivity index (χ1n) is 40.1. The molecule has 4 heteroatoms.